The van der Waals surface area contributed by atoms with Crippen molar-refractivity contribution < 1.29 is 0 Å². The second-order valence-electron chi connectivity index (χ2n) is 4.52. The van der Waals surface area contributed by atoms with Crippen molar-refractivity contribution in [3.05, 3.63) is 23.8 Å². The van der Waals surface area contributed by atoms with Crippen LogP contribution in [0.1, 0.15) is 25.4 Å². The lowest BCUT2D eigenvalue weighted by atomic mass is 10.1. The highest BCUT2D eigenvalue weighted by Crippen LogP contribution is 2.15. The summed E-state index contributed by atoms with van der Waals surface area (Å²) in [5.41, 5.74) is 7.64. The SMILES string of the molecule is CC(C)Cc1cc2cnc(CCN)nc2[nH]1. The predicted octanol–water partition coefficient (Wildman–Crippen LogP) is 1.66. The maximum absolute atomic E-state index is 5.49. The highest BCUT2D eigenvalue weighted by molar-refractivity contribution is 5.75. The second kappa shape index (κ2) is 4.61. The largest absolute Gasteiger partial charge is 0.343 e. The lowest BCUT2D eigenvalue weighted by Gasteiger charge is -1.99. The van der Waals surface area contributed by atoms with Gasteiger partial charge >= 0.3 is 0 Å². The van der Waals surface area contributed by atoms with Crippen LogP contribution in [0.2, 0.25) is 0 Å². The van der Waals surface area contributed by atoms with E-state index in [1.54, 1.807) is 0 Å². The fourth-order valence-corrected chi connectivity index (χ4v) is 1.81. The van der Waals surface area contributed by atoms with Crippen LogP contribution in [-0.2, 0) is 12.8 Å². The minimum atomic E-state index is 0.588. The molecule has 0 radical (unpaired) electrons. The average molecular weight is 218 g/mol. The van der Waals surface area contributed by atoms with Gasteiger partial charge in [-0.25, -0.2) is 9.97 Å². The van der Waals surface area contributed by atoms with E-state index < -0.39 is 0 Å². The summed E-state index contributed by atoms with van der Waals surface area (Å²) in [6.45, 7) is 5.00. The zero-order valence-electron chi connectivity index (χ0n) is 9.83. The number of nitrogens with one attached hydrogen (secondary N) is 1. The molecular weight excluding hydrogens is 200 g/mol. The van der Waals surface area contributed by atoms with E-state index in [0.29, 0.717) is 12.5 Å². The van der Waals surface area contributed by atoms with Crippen LogP contribution in [0, 0.1) is 5.92 Å². The third-order valence-corrected chi connectivity index (χ3v) is 2.47. The maximum atomic E-state index is 5.49. The fourth-order valence-electron chi connectivity index (χ4n) is 1.81. The van der Waals surface area contributed by atoms with E-state index >= 15 is 0 Å². The van der Waals surface area contributed by atoms with Gasteiger partial charge in [-0.3, -0.25) is 0 Å². The number of aromatic amines is 1. The van der Waals surface area contributed by atoms with E-state index in [-0.39, 0.29) is 0 Å². The summed E-state index contributed by atoms with van der Waals surface area (Å²) in [4.78, 5) is 12.1. The molecule has 0 aliphatic rings. The number of fused-ring (bicyclic) bond motifs is 1. The highest BCUT2D eigenvalue weighted by Gasteiger charge is 2.05. The van der Waals surface area contributed by atoms with Gasteiger partial charge in [-0.05, 0) is 24.9 Å². The minimum Gasteiger partial charge on any atom is -0.343 e. The van der Waals surface area contributed by atoms with Crippen molar-refractivity contribution in [3.63, 3.8) is 0 Å². The number of aromatic nitrogens is 3. The quantitative estimate of drug-likeness (QED) is 0.820. The van der Waals surface area contributed by atoms with Gasteiger partial charge in [-0.1, -0.05) is 13.8 Å². The molecule has 0 aliphatic heterocycles. The monoisotopic (exact) mass is 218 g/mol. The molecule has 0 fully saturated rings. The summed E-state index contributed by atoms with van der Waals surface area (Å²) in [7, 11) is 0. The number of H-pyrrole nitrogens is 1. The lowest BCUT2D eigenvalue weighted by molar-refractivity contribution is 0.638. The van der Waals surface area contributed by atoms with Gasteiger partial charge in [0.05, 0.1) is 0 Å². The molecule has 4 heteroatoms. The summed E-state index contributed by atoms with van der Waals surface area (Å²) >= 11 is 0. The first kappa shape index (κ1) is 11.1. The van der Waals surface area contributed by atoms with E-state index in [4.69, 9.17) is 5.73 Å². The summed E-state index contributed by atoms with van der Waals surface area (Å²) in [5.74, 6) is 1.46. The van der Waals surface area contributed by atoms with Gasteiger partial charge in [0, 0.05) is 23.7 Å². The van der Waals surface area contributed by atoms with Crippen molar-refractivity contribution in [3.8, 4) is 0 Å². The number of nitrogens with two attached hydrogens (primary N) is 1. The molecule has 0 amide bonds. The normalized spacial score (nSPS) is 11.5. The Balaban J connectivity index is 2.30. The molecule has 0 aliphatic carbocycles. The third-order valence-electron chi connectivity index (χ3n) is 2.47. The Kier molecular flexibility index (Phi) is 3.19. The van der Waals surface area contributed by atoms with Gasteiger partial charge < -0.3 is 10.7 Å². The van der Waals surface area contributed by atoms with Crippen molar-refractivity contribution in [2.24, 2.45) is 11.7 Å². The van der Waals surface area contributed by atoms with Crippen LogP contribution in [0.3, 0.4) is 0 Å². The Bertz CT molecular complexity index is 473. The number of hydrogen-bond acceptors (Lipinski definition) is 3. The lowest BCUT2D eigenvalue weighted by Crippen LogP contribution is -2.06. The third kappa shape index (κ3) is 2.39. The molecule has 2 aromatic rings. The molecule has 0 aromatic carbocycles. The Hall–Kier alpha value is -1.42. The smallest absolute Gasteiger partial charge is 0.141 e. The first-order valence-corrected chi connectivity index (χ1v) is 5.72. The van der Waals surface area contributed by atoms with E-state index in [1.807, 2.05) is 6.20 Å². The van der Waals surface area contributed by atoms with E-state index in [0.717, 1.165) is 29.7 Å². The summed E-state index contributed by atoms with van der Waals surface area (Å²) in [6, 6.07) is 2.13. The molecule has 0 unspecified atom stereocenters. The minimum absolute atomic E-state index is 0.588. The van der Waals surface area contributed by atoms with Gasteiger partial charge in [-0.2, -0.15) is 0 Å². The van der Waals surface area contributed by atoms with Crippen LogP contribution in [0.25, 0.3) is 11.0 Å². The zero-order valence-corrected chi connectivity index (χ0v) is 9.83. The maximum Gasteiger partial charge on any atom is 0.141 e. The average Bonchev–Trinajstić information content (AvgIpc) is 2.58. The van der Waals surface area contributed by atoms with Crippen molar-refractivity contribution in [2.45, 2.75) is 26.7 Å². The van der Waals surface area contributed by atoms with E-state index in [1.165, 1.54) is 5.69 Å². The molecule has 2 rings (SSSR count). The highest BCUT2D eigenvalue weighted by atomic mass is 14.9. The van der Waals surface area contributed by atoms with Crippen LogP contribution in [-0.4, -0.2) is 21.5 Å². The number of hydrogen-bond donors (Lipinski definition) is 2. The van der Waals surface area contributed by atoms with Crippen LogP contribution < -0.4 is 5.73 Å². The van der Waals surface area contributed by atoms with Crippen LogP contribution in [0.15, 0.2) is 12.3 Å². The molecule has 16 heavy (non-hydrogen) atoms. The number of nitrogens with zero attached hydrogens (tertiary/aromatic N) is 2. The van der Waals surface area contributed by atoms with Gasteiger partial charge in [0.15, 0.2) is 0 Å². The molecule has 0 saturated carbocycles. The summed E-state index contributed by atoms with van der Waals surface area (Å²) in [5, 5.41) is 1.08. The molecule has 3 N–H and O–H groups in total. The molecule has 86 valence electrons. The van der Waals surface area contributed by atoms with Crippen molar-refractivity contribution in [1.82, 2.24) is 15.0 Å². The van der Waals surface area contributed by atoms with E-state index in [9.17, 15) is 0 Å². The molecule has 0 atom stereocenters. The van der Waals surface area contributed by atoms with Crippen LogP contribution >= 0.6 is 0 Å². The second-order valence-corrected chi connectivity index (χ2v) is 4.52. The topological polar surface area (TPSA) is 67.6 Å². The molecule has 4 nitrogen and oxygen atoms in total. The van der Waals surface area contributed by atoms with E-state index in [2.05, 4.69) is 34.9 Å². The Morgan fingerprint density at radius 1 is 1.44 bits per heavy atom. The van der Waals surface area contributed by atoms with Crippen LogP contribution in [0.4, 0.5) is 0 Å². The van der Waals surface area contributed by atoms with Crippen LogP contribution in [0.5, 0.6) is 0 Å². The molecule has 0 bridgehead atoms. The van der Waals surface area contributed by atoms with Gasteiger partial charge in [-0.15, -0.1) is 0 Å². The molecule has 0 spiro atoms. The zero-order chi connectivity index (χ0) is 11.5. The van der Waals surface area contributed by atoms with Crippen molar-refractivity contribution in [2.75, 3.05) is 6.54 Å². The molecule has 0 saturated heterocycles. The van der Waals surface area contributed by atoms with Gasteiger partial charge in [0.1, 0.15) is 11.5 Å². The Morgan fingerprint density at radius 2 is 2.25 bits per heavy atom. The summed E-state index contributed by atoms with van der Waals surface area (Å²) < 4.78 is 0. The van der Waals surface area contributed by atoms with Crippen molar-refractivity contribution in [1.29, 1.82) is 0 Å². The van der Waals surface area contributed by atoms with Gasteiger partial charge in [0.2, 0.25) is 0 Å². The predicted molar refractivity (Wildman–Crippen MR) is 65.2 cm³/mol. The Labute approximate surface area is 95.3 Å². The standard InChI is InChI=1S/C12H18N4/c1-8(2)5-10-6-9-7-14-11(3-4-13)16-12(9)15-10/h6-8H,3-5,13H2,1-2H3,(H,14,15,16). The first-order valence-electron chi connectivity index (χ1n) is 5.72. The van der Waals surface area contributed by atoms with Gasteiger partial charge in [0.25, 0.3) is 0 Å². The molecular formula is C12H18N4. The fraction of sp³-hybridized carbons (Fsp3) is 0.500. The molecule has 2 heterocycles. The molecule has 2 aromatic heterocycles. The number of rotatable bonds is 4. The van der Waals surface area contributed by atoms with Crippen molar-refractivity contribution >= 4 is 11.0 Å². The Morgan fingerprint density at radius 3 is 2.94 bits per heavy atom. The summed E-state index contributed by atoms with van der Waals surface area (Å²) in [6.07, 6.45) is 3.64. The first-order chi connectivity index (χ1) is 7.69.